The normalized spacial score (nSPS) is 13.5. The highest BCUT2D eigenvalue weighted by molar-refractivity contribution is 5.70. The zero-order chi connectivity index (χ0) is 69.0. The number of hydrogen-bond donors (Lipinski definition) is 1. The van der Waals surface area contributed by atoms with Crippen LogP contribution in [-0.2, 0) is 19.1 Å². The summed E-state index contributed by atoms with van der Waals surface area (Å²) in [6.07, 6.45) is 134. The lowest BCUT2D eigenvalue weighted by Crippen LogP contribution is -2.28. The molecule has 1 N–H and O–H groups in total. The first-order chi connectivity index (χ1) is 47.6. The summed E-state index contributed by atoms with van der Waals surface area (Å²) < 4.78 is 10.8. The molecule has 0 aliphatic carbocycles. The van der Waals surface area contributed by atoms with Gasteiger partial charge >= 0.3 is 11.9 Å². The smallest absolute Gasteiger partial charge is 0.306 e. The van der Waals surface area contributed by atoms with Crippen molar-refractivity contribution in [3.63, 3.8) is 0 Å². The first kappa shape index (κ1) is 90.2. The van der Waals surface area contributed by atoms with Crippen molar-refractivity contribution in [3.05, 3.63) is 219 Å². The van der Waals surface area contributed by atoms with Crippen LogP contribution in [0.3, 0.4) is 0 Å². The zero-order valence-electron chi connectivity index (χ0n) is 61.8. The summed E-state index contributed by atoms with van der Waals surface area (Å²) in [7, 11) is 0. The van der Waals surface area contributed by atoms with Crippen LogP contribution < -0.4 is 0 Å². The quantitative estimate of drug-likeness (QED) is 0.0373. The molecule has 1 unspecified atom stereocenters. The second-order valence-electron chi connectivity index (χ2n) is 25.3. The van der Waals surface area contributed by atoms with Crippen molar-refractivity contribution in [2.75, 3.05) is 13.2 Å². The van der Waals surface area contributed by atoms with Gasteiger partial charge in [0.25, 0.3) is 0 Å². The average molecular weight is 1320 g/mol. The monoisotopic (exact) mass is 1320 g/mol. The van der Waals surface area contributed by atoms with Gasteiger partial charge in [-0.25, -0.2) is 0 Å². The predicted molar refractivity (Wildman–Crippen MR) is 425 cm³/mol. The summed E-state index contributed by atoms with van der Waals surface area (Å²) in [5.74, 6) is -0.607. The molecule has 0 aliphatic heterocycles. The van der Waals surface area contributed by atoms with Gasteiger partial charge in [0, 0.05) is 12.8 Å². The molecular formula is C91H144O5. The summed E-state index contributed by atoms with van der Waals surface area (Å²) in [5.41, 5.74) is 0. The number of unbranched alkanes of at least 4 members (excludes halogenated alkanes) is 26. The number of carbonyl (C=O) groups is 2. The number of allylic oxidation sites excluding steroid dienone is 36. The van der Waals surface area contributed by atoms with Crippen LogP contribution in [0.25, 0.3) is 0 Å². The minimum absolute atomic E-state index is 0.0797. The van der Waals surface area contributed by atoms with E-state index < -0.39 is 6.10 Å². The molecule has 0 rings (SSSR count). The van der Waals surface area contributed by atoms with Crippen molar-refractivity contribution >= 4 is 11.9 Å². The first-order valence-corrected chi connectivity index (χ1v) is 39.3. The molecule has 0 amide bonds. The minimum Gasteiger partial charge on any atom is -0.462 e. The Morgan fingerprint density at radius 1 is 0.240 bits per heavy atom. The third kappa shape index (κ3) is 80.7. The molecule has 0 radical (unpaired) electrons. The largest absolute Gasteiger partial charge is 0.462 e. The van der Waals surface area contributed by atoms with Gasteiger partial charge in [0.15, 0.2) is 6.10 Å². The molecule has 0 fully saturated rings. The Kier molecular flexibility index (Phi) is 78.4. The van der Waals surface area contributed by atoms with Crippen LogP contribution in [0.1, 0.15) is 322 Å². The van der Waals surface area contributed by atoms with E-state index in [2.05, 4.69) is 233 Å². The van der Waals surface area contributed by atoms with Gasteiger partial charge in [-0.05, 0) is 154 Å². The maximum atomic E-state index is 12.4. The number of hydrogen-bond acceptors (Lipinski definition) is 5. The number of aliphatic hydroxyl groups is 1. The van der Waals surface area contributed by atoms with Crippen molar-refractivity contribution in [1.82, 2.24) is 0 Å². The van der Waals surface area contributed by atoms with E-state index in [1.54, 1.807) is 0 Å². The van der Waals surface area contributed by atoms with Crippen molar-refractivity contribution in [1.29, 1.82) is 0 Å². The van der Waals surface area contributed by atoms with E-state index >= 15 is 0 Å². The molecule has 0 aliphatic rings. The topological polar surface area (TPSA) is 72.8 Å². The molecule has 0 heterocycles. The highest BCUT2D eigenvalue weighted by atomic mass is 16.6. The molecule has 0 saturated carbocycles. The van der Waals surface area contributed by atoms with E-state index in [1.165, 1.54) is 135 Å². The Bertz CT molecular complexity index is 2240. The van der Waals surface area contributed by atoms with Gasteiger partial charge < -0.3 is 14.6 Å². The van der Waals surface area contributed by atoms with E-state index in [4.69, 9.17) is 9.47 Å². The Labute approximate surface area is 593 Å². The lowest BCUT2D eigenvalue weighted by Gasteiger charge is -2.15. The van der Waals surface area contributed by atoms with Gasteiger partial charge in [-0.15, -0.1) is 0 Å². The van der Waals surface area contributed by atoms with Crippen molar-refractivity contribution < 1.29 is 24.2 Å². The van der Waals surface area contributed by atoms with E-state index in [0.717, 1.165) is 161 Å². The standard InChI is InChI=1S/C91H144O5/c1-3-5-7-9-11-13-15-17-19-21-23-25-27-29-31-33-35-37-39-41-43-45-47-49-51-53-55-57-59-61-63-65-67-69-71-73-75-77-79-81-83-85-90(93)95-88-89(87-92)96-91(94)86-84-82-80-78-76-74-72-70-68-66-64-62-60-58-56-54-52-50-48-46-44-42-40-38-36-34-32-30-28-26-24-22-20-18-16-14-12-10-8-6-4-2/h5-8,11-14,17-20,23-26,29-32,35-38,41-44,48,50,54,56,60,62,66,68,89,92H,3-4,9-10,15-16,21-22,27-28,33-34,39-40,45-47,49,51-53,55,57-59,61,63-65,67,69-88H2,1-2H3/b7-5-,8-6-,13-11-,14-12-,19-17-,20-18-,25-23-,26-24-,31-29-,32-30-,37-35-,38-36-,43-41-,44-42-,50-48-,56-54-,62-60-,68-66-. The summed E-state index contributed by atoms with van der Waals surface area (Å²) in [6, 6.07) is 0. The molecule has 96 heavy (non-hydrogen) atoms. The van der Waals surface area contributed by atoms with Crippen LogP contribution >= 0.6 is 0 Å². The van der Waals surface area contributed by atoms with Crippen molar-refractivity contribution in [2.45, 2.75) is 328 Å². The third-order valence-electron chi connectivity index (χ3n) is 16.3. The average Bonchev–Trinajstić information content (AvgIpc) is 3.79. The highest BCUT2D eigenvalue weighted by Gasteiger charge is 2.16. The summed E-state index contributed by atoms with van der Waals surface area (Å²) in [6.45, 7) is 3.91. The summed E-state index contributed by atoms with van der Waals surface area (Å²) in [5, 5.41) is 9.73. The van der Waals surface area contributed by atoms with Crippen LogP contribution in [0.4, 0.5) is 0 Å². The van der Waals surface area contributed by atoms with Crippen LogP contribution in [0.2, 0.25) is 0 Å². The van der Waals surface area contributed by atoms with Crippen LogP contribution in [-0.4, -0.2) is 36.4 Å². The lowest BCUT2D eigenvalue weighted by molar-refractivity contribution is -0.161. The van der Waals surface area contributed by atoms with Crippen molar-refractivity contribution in [2.24, 2.45) is 0 Å². The van der Waals surface area contributed by atoms with Gasteiger partial charge in [-0.3, -0.25) is 9.59 Å². The number of aliphatic hydroxyl groups excluding tert-OH is 1. The molecule has 0 spiro atoms. The van der Waals surface area contributed by atoms with Gasteiger partial charge in [-0.1, -0.05) is 374 Å². The Morgan fingerprint density at radius 3 is 0.625 bits per heavy atom. The van der Waals surface area contributed by atoms with Crippen molar-refractivity contribution in [3.8, 4) is 0 Å². The third-order valence-corrected chi connectivity index (χ3v) is 16.3. The molecular weight excluding hydrogens is 1170 g/mol. The molecule has 1 atom stereocenters. The van der Waals surface area contributed by atoms with Crippen LogP contribution in [0, 0.1) is 0 Å². The second kappa shape index (κ2) is 83.4. The van der Waals surface area contributed by atoms with E-state index in [0.29, 0.717) is 12.8 Å². The lowest BCUT2D eigenvalue weighted by atomic mass is 10.0. The molecule has 0 aromatic heterocycles. The number of rotatable bonds is 70. The van der Waals surface area contributed by atoms with E-state index in [1.807, 2.05) is 0 Å². The Balaban J connectivity index is 3.56. The molecule has 0 bridgehead atoms. The number of ether oxygens (including phenoxy) is 2. The molecule has 0 saturated heterocycles. The summed E-state index contributed by atoms with van der Waals surface area (Å²) in [4.78, 5) is 24.7. The Morgan fingerprint density at radius 2 is 0.417 bits per heavy atom. The molecule has 0 aromatic carbocycles. The number of carbonyl (C=O) groups excluding carboxylic acids is 2. The molecule has 5 nitrogen and oxygen atoms in total. The molecule has 5 heteroatoms. The fourth-order valence-corrected chi connectivity index (χ4v) is 10.5. The predicted octanol–water partition coefficient (Wildman–Crippen LogP) is 28.2. The molecule has 538 valence electrons. The first-order valence-electron chi connectivity index (χ1n) is 39.3. The highest BCUT2D eigenvalue weighted by Crippen LogP contribution is 2.17. The minimum atomic E-state index is -0.794. The zero-order valence-corrected chi connectivity index (χ0v) is 61.8. The van der Waals surface area contributed by atoms with Gasteiger partial charge in [0.2, 0.25) is 0 Å². The van der Waals surface area contributed by atoms with Crippen LogP contribution in [0.15, 0.2) is 219 Å². The van der Waals surface area contributed by atoms with Gasteiger partial charge in [0.05, 0.1) is 6.61 Å². The molecule has 0 aromatic rings. The maximum Gasteiger partial charge on any atom is 0.306 e. The van der Waals surface area contributed by atoms with Gasteiger partial charge in [-0.2, -0.15) is 0 Å². The van der Waals surface area contributed by atoms with Gasteiger partial charge in [0.1, 0.15) is 6.61 Å². The Hall–Kier alpha value is -5.78. The maximum absolute atomic E-state index is 12.4. The van der Waals surface area contributed by atoms with Crippen LogP contribution in [0.5, 0.6) is 0 Å². The summed E-state index contributed by atoms with van der Waals surface area (Å²) >= 11 is 0. The number of esters is 2. The fourth-order valence-electron chi connectivity index (χ4n) is 10.5. The van der Waals surface area contributed by atoms with E-state index in [-0.39, 0.29) is 25.2 Å². The second-order valence-corrected chi connectivity index (χ2v) is 25.3. The van der Waals surface area contributed by atoms with E-state index in [9.17, 15) is 14.7 Å². The SMILES string of the molecule is CC/C=C\C/C=C\C/C=C\C/C=C\C/C=C\C/C=C\C/C=C\C/C=C\C/C=C\C/C=C\C/C=C\CCCCCCCCCC(=O)OC(CO)COC(=O)CCCCCCCCCCCCCCCCCCCCC/C=C\C/C=C\C/C=C\C/C=C\C/C=C\C/C=C\C/C=C\CC. The fraction of sp³-hybridized carbons (Fsp3) is 0.582.